The van der Waals surface area contributed by atoms with Gasteiger partial charge in [0.15, 0.2) is 0 Å². The van der Waals surface area contributed by atoms with E-state index in [1.165, 1.54) is 0 Å². The van der Waals surface area contributed by atoms with E-state index < -0.39 is 5.97 Å². The van der Waals surface area contributed by atoms with E-state index in [0.717, 1.165) is 12.8 Å². The second kappa shape index (κ2) is 5.70. The Morgan fingerprint density at radius 3 is 2.60 bits per heavy atom. The topological polar surface area (TPSA) is 92.4 Å². The van der Waals surface area contributed by atoms with Crippen LogP contribution in [-0.2, 0) is 9.59 Å². The van der Waals surface area contributed by atoms with Crippen LogP contribution >= 0.6 is 0 Å². The minimum Gasteiger partial charge on any atom is -0.481 e. The van der Waals surface area contributed by atoms with Gasteiger partial charge in [-0.25, -0.2) is 0 Å². The van der Waals surface area contributed by atoms with E-state index in [9.17, 15) is 9.59 Å². The van der Waals surface area contributed by atoms with Crippen LogP contribution in [0.1, 0.15) is 32.1 Å². The van der Waals surface area contributed by atoms with E-state index in [0.29, 0.717) is 25.3 Å². The lowest BCUT2D eigenvalue weighted by Crippen LogP contribution is -2.42. The lowest BCUT2D eigenvalue weighted by molar-refractivity contribution is -0.137. The summed E-state index contributed by atoms with van der Waals surface area (Å²) in [4.78, 5) is 21.6. The van der Waals surface area contributed by atoms with Crippen molar-refractivity contribution in [1.82, 2.24) is 5.32 Å². The van der Waals surface area contributed by atoms with Crippen LogP contribution < -0.4 is 11.1 Å². The first-order chi connectivity index (χ1) is 7.11. The van der Waals surface area contributed by atoms with Crippen LogP contribution in [0.3, 0.4) is 0 Å². The van der Waals surface area contributed by atoms with Gasteiger partial charge in [-0.05, 0) is 31.6 Å². The predicted octanol–water partition coefficient (Wildman–Crippen LogP) is 0.0948. The fourth-order valence-electron chi connectivity index (χ4n) is 1.40. The van der Waals surface area contributed by atoms with Crippen molar-refractivity contribution >= 4 is 11.9 Å². The molecule has 1 unspecified atom stereocenters. The molecule has 4 N–H and O–H groups in total. The normalized spacial score (nSPS) is 17.1. The van der Waals surface area contributed by atoms with Crippen molar-refractivity contribution in [2.45, 2.75) is 38.1 Å². The highest BCUT2D eigenvalue weighted by Crippen LogP contribution is 2.31. The third kappa shape index (κ3) is 4.78. The van der Waals surface area contributed by atoms with Gasteiger partial charge < -0.3 is 16.2 Å². The fourth-order valence-corrected chi connectivity index (χ4v) is 1.40. The number of rotatable bonds is 7. The molecule has 1 aliphatic rings. The van der Waals surface area contributed by atoms with Crippen LogP contribution in [0.15, 0.2) is 0 Å². The molecule has 1 saturated carbocycles. The molecule has 1 rings (SSSR count). The van der Waals surface area contributed by atoms with Crippen LogP contribution in [0, 0.1) is 5.92 Å². The Kier molecular flexibility index (Phi) is 4.55. The maximum atomic E-state index is 11.4. The third-order valence-corrected chi connectivity index (χ3v) is 2.55. The molecule has 0 aliphatic heterocycles. The summed E-state index contributed by atoms with van der Waals surface area (Å²) in [6.45, 7) is 0.520. The molecule has 0 spiro atoms. The van der Waals surface area contributed by atoms with E-state index in [1.807, 2.05) is 0 Å². The summed E-state index contributed by atoms with van der Waals surface area (Å²) >= 11 is 0. The average Bonchev–Trinajstić information content (AvgIpc) is 2.98. The number of nitrogens with two attached hydrogens (primary N) is 1. The SMILES string of the molecule is NC(C(=O)NCCCCC(=O)O)C1CC1. The van der Waals surface area contributed by atoms with Gasteiger partial charge in [-0.15, -0.1) is 0 Å². The van der Waals surface area contributed by atoms with Gasteiger partial charge in [0.2, 0.25) is 5.91 Å². The quantitative estimate of drug-likeness (QED) is 0.524. The third-order valence-electron chi connectivity index (χ3n) is 2.55. The lowest BCUT2D eigenvalue weighted by atomic mass is 10.2. The van der Waals surface area contributed by atoms with Crippen LogP contribution in [-0.4, -0.2) is 29.6 Å². The molecule has 0 aromatic carbocycles. The predicted molar refractivity (Wildman–Crippen MR) is 55.2 cm³/mol. The van der Waals surface area contributed by atoms with Crippen LogP contribution in [0.5, 0.6) is 0 Å². The number of carboxylic acid groups (broad SMARTS) is 1. The molecule has 15 heavy (non-hydrogen) atoms. The van der Waals surface area contributed by atoms with E-state index >= 15 is 0 Å². The maximum absolute atomic E-state index is 11.4. The standard InChI is InChI=1S/C10H18N2O3/c11-9(7-4-5-7)10(15)12-6-2-1-3-8(13)14/h7,9H,1-6,11H2,(H,12,15)(H,13,14). The molecule has 1 aliphatic carbocycles. The Hall–Kier alpha value is -1.10. The van der Waals surface area contributed by atoms with Gasteiger partial charge in [0, 0.05) is 13.0 Å². The van der Waals surface area contributed by atoms with Gasteiger partial charge >= 0.3 is 5.97 Å². The van der Waals surface area contributed by atoms with Gasteiger partial charge in [0.25, 0.3) is 0 Å². The summed E-state index contributed by atoms with van der Waals surface area (Å²) in [6.07, 6.45) is 3.54. The molecule has 5 heteroatoms. The summed E-state index contributed by atoms with van der Waals surface area (Å²) < 4.78 is 0. The van der Waals surface area contributed by atoms with Gasteiger partial charge in [-0.3, -0.25) is 9.59 Å². The Bertz CT molecular complexity index is 239. The molecule has 0 radical (unpaired) electrons. The monoisotopic (exact) mass is 214 g/mol. The van der Waals surface area contributed by atoms with Crippen LogP contribution in [0.4, 0.5) is 0 Å². The molecule has 0 saturated heterocycles. The number of unbranched alkanes of at least 4 members (excludes halogenated alkanes) is 1. The number of carbonyl (C=O) groups excluding carboxylic acids is 1. The van der Waals surface area contributed by atoms with Crippen molar-refractivity contribution in [2.24, 2.45) is 11.7 Å². The minimum atomic E-state index is -0.795. The maximum Gasteiger partial charge on any atom is 0.303 e. The first-order valence-corrected chi connectivity index (χ1v) is 5.36. The highest BCUT2D eigenvalue weighted by atomic mass is 16.4. The molecule has 1 atom stereocenters. The highest BCUT2D eigenvalue weighted by molar-refractivity contribution is 5.82. The first-order valence-electron chi connectivity index (χ1n) is 5.36. The summed E-state index contributed by atoms with van der Waals surface area (Å²) in [5.74, 6) is -0.534. The fraction of sp³-hybridized carbons (Fsp3) is 0.800. The Morgan fingerprint density at radius 2 is 2.07 bits per heavy atom. The summed E-state index contributed by atoms with van der Waals surface area (Å²) in [5, 5.41) is 11.1. The van der Waals surface area contributed by atoms with E-state index in [-0.39, 0.29) is 18.4 Å². The molecular formula is C10H18N2O3. The van der Waals surface area contributed by atoms with Crippen molar-refractivity contribution in [1.29, 1.82) is 0 Å². The van der Waals surface area contributed by atoms with Gasteiger partial charge in [-0.2, -0.15) is 0 Å². The highest BCUT2D eigenvalue weighted by Gasteiger charge is 2.32. The molecule has 1 amide bonds. The summed E-state index contributed by atoms with van der Waals surface area (Å²) in [5.41, 5.74) is 5.68. The molecule has 0 bridgehead atoms. The molecule has 86 valence electrons. The molecule has 0 heterocycles. The van der Waals surface area contributed by atoms with Gasteiger partial charge in [-0.1, -0.05) is 0 Å². The molecule has 0 aromatic heterocycles. The number of hydrogen-bond acceptors (Lipinski definition) is 3. The van der Waals surface area contributed by atoms with Crippen LogP contribution in [0.25, 0.3) is 0 Å². The Balaban J connectivity index is 1.99. The Labute approximate surface area is 89.0 Å². The number of hydrogen-bond donors (Lipinski definition) is 3. The number of nitrogens with one attached hydrogen (secondary N) is 1. The Morgan fingerprint density at radius 1 is 1.40 bits per heavy atom. The molecular weight excluding hydrogens is 196 g/mol. The lowest BCUT2D eigenvalue weighted by Gasteiger charge is -2.10. The van der Waals surface area contributed by atoms with Crippen molar-refractivity contribution in [3.05, 3.63) is 0 Å². The van der Waals surface area contributed by atoms with E-state index in [4.69, 9.17) is 10.8 Å². The van der Waals surface area contributed by atoms with E-state index in [2.05, 4.69) is 5.32 Å². The van der Waals surface area contributed by atoms with Crippen molar-refractivity contribution in [3.63, 3.8) is 0 Å². The van der Waals surface area contributed by atoms with E-state index in [1.54, 1.807) is 0 Å². The number of aliphatic carboxylic acids is 1. The zero-order valence-corrected chi connectivity index (χ0v) is 8.74. The van der Waals surface area contributed by atoms with Crippen molar-refractivity contribution in [2.75, 3.05) is 6.54 Å². The van der Waals surface area contributed by atoms with Crippen LogP contribution in [0.2, 0.25) is 0 Å². The second-order valence-electron chi connectivity index (χ2n) is 4.01. The first kappa shape index (κ1) is 12.0. The number of carboxylic acids is 1. The smallest absolute Gasteiger partial charge is 0.303 e. The molecule has 5 nitrogen and oxygen atoms in total. The molecule has 1 fully saturated rings. The second-order valence-corrected chi connectivity index (χ2v) is 4.01. The van der Waals surface area contributed by atoms with Crippen molar-refractivity contribution < 1.29 is 14.7 Å². The number of amides is 1. The van der Waals surface area contributed by atoms with Gasteiger partial charge in [0.1, 0.15) is 0 Å². The number of carbonyl (C=O) groups is 2. The zero-order chi connectivity index (χ0) is 11.3. The minimum absolute atomic E-state index is 0.104. The zero-order valence-electron chi connectivity index (χ0n) is 8.74. The average molecular weight is 214 g/mol. The summed E-state index contributed by atoms with van der Waals surface area (Å²) in [7, 11) is 0. The summed E-state index contributed by atoms with van der Waals surface area (Å²) in [6, 6.07) is -0.371. The largest absolute Gasteiger partial charge is 0.481 e. The molecule has 0 aromatic rings. The van der Waals surface area contributed by atoms with Crippen molar-refractivity contribution in [3.8, 4) is 0 Å². The van der Waals surface area contributed by atoms with Gasteiger partial charge in [0.05, 0.1) is 6.04 Å².